The van der Waals surface area contributed by atoms with E-state index < -0.39 is 10.0 Å². The molecule has 0 unspecified atom stereocenters. The van der Waals surface area contributed by atoms with Crippen LogP contribution in [-0.2, 0) is 27.8 Å². The number of hydrogen-bond donors (Lipinski definition) is 2. The van der Waals surface area contributed by atoms with Crippen LogP contribution in [0.2, 0.25) is 0 Å². The molecule has 0 fully saturated rings. The Hall–Kier alpha value is -2.23. The summed E-state index contributed by atoms with van der Waals surface area (Å²) >= 11 is 0. The van der Waals surface area contributed by atoms with Crippen molar-refractivity contribution in [3.05, 3.63) is 48.0 Å². The third-order valence-corrected chi connectivity index (χ3v) is 4.98. The molecule has 0 bridgehead atoms. The maximum Gasteiger partial charge on any atom is 0.251 e. The lowest BCUT2D eigenvalue weighted by Gasteiger charge is -2.10. The van der Waals surface area contributed by atoms with E-state index in [0.717, 1.165) is 5.69 Å². The molecule has 2 aromatic rings. The van der Waals surface area contributed by atoms with E-state index in [0.29, 0.717) is 19.7 Å². The van der Waals surface area contributed by atoms with Crippen LogP contribution in [0.1, 0.15) is 23.0 Å². The second-order valence-electron chi connectivity index (χ2n) is 5.27. The van der Waals surface area contributed by atoms with Gasteiger partial charge in [-0.05, 0) is 25.1 Å². The highest BCUT2D eigenvalue weighted by Crippen LogP contribution is 2.12. The van der Waals surface area contributed by atoms with Gasteiger partial charge in [0, 0.05) is 32.0 Å². The molecule has 1 amide bonds. The van der Waals surface area contributed by atoms with Gasteiger partial charge in [-0.2, -0.15) is 0 Å². The predicted molar refractivity (Wildman–Crippen MR) is 92.6 cm³/mol. The highest BCUT2D eigenvalue weighted by atomic mass is 32.2. The Bertz CT molecular complexity index is 817. The van der Waals surface area contributed by atoms with Crippen molar-refractivity contribution in [3.8, 4) is 0 Å². The van der Waals surface area contributed by atoms with Crippen molar-refractivity contribution in [2.24, 2.45) is 0 Å². The van der Waals surface area contributed by atoms with E-state index in [1.54, 1.807) is 18.6 Å². The number of nitrogens with zero attached hydrogens (tertiary/aromatic N) is 2. The SMILES string of the molecule is CCn1cncc1CNS(=O)(=O)c1cccc(C(=O)NCCOC)c1. The number of imidazole rings is 1. The van der Waals surface area contributed by atoms with E-state index in [-0.39, 0.29) is 22.9 Å². The van der Waals surface area contributed by atoms with Crippen molar-refractivity contribution in [1.29, 1.82) is 0 Å². The fourth-order valence-electron chi connectivity index (χ4n) is 2.21. The molecule has 1 aromatic heterocycles. The first kappa shape index (κ1) is 19.1. The molecule has 8 nitrogen and oxygen atoms in total. The molecule has 0 atom stereocenters. The topological polar surface area (TPSA) is 102 Å². The Morgan fingerprint density at radius 1 is 1.36 bits per heavy atom. The van der Waals surface area contributed by atoms with Gasteiger partial charge < -0.3 is 14.6 Å². The van der Waals surface area contributed by atoms with E-state index >= 15 is 0 Å². The third kappa shape index (κ3) is 5.12. The predicted octanol–water partition coefficient (Wildman–Crippen LogP) is 0.758. The van der Waals surface area contributed by atoms with Crippen LogP contribution < -0.4 is 10.0 Å². The van der Waals surface area contributed by atoms with Gasteiger partial charge in [0.2, 0.25) is 10.0 Å². The minimum Gasteiger partial charge on any atom is -0.383 e. The fourth-order valence-corrected chi connectivity index (χ4v) is 3.25. The Morgan fingerprint density at radius 3 is 2.88 bits per heavy atom. The summed E-state index contributed by atoms with van der Waals surface area (Å²) in [5, 5.41) is 2.66. The molecular formula is C16H22N4O4S. The molecule has 25 heavy (non-hydrogen) atoms. The Kier molecular flexibility index (Phi) is 6.68. The molecule has 0 aliphatic rings. The van der Waals surface area contributed by atoms with Gasteiger partial charge in [0.05, 0.1) is 30.1 Å². The van der Waals surface area contributed by atoms with Crippen LogP contribution in [0.15, 0.2) is 41.7 Å². The molecule has 9 heteroatoms. The van der Waals surface area contributed by atoms with Crippen LogP contribution in [0.4, 0.5) is 0 Å². The second-order valence-corrected chi connectivity index (χ2v) is 7.04. The van der Waals surface area contributed by atoms with Crippen molar-refractivity contribution >= 4 is 15.9 Å². The first-order chi connectivity index (χ1) is 12.0. The zero-order valence-electron chi connectivity index (χ0n) is 14.2. The average Bonchev–Trinajstić information content (AvgIpc) is 3.08. The van der Waals surface area contributed by atoms with Gasteiger partial charge in [-0.3, -0.25) is 4.79 Å². The molecule has 0 spiro atoms. The lowest BCUT2D eigenvalue weighted by atomic mass is 10.2. The largest absolute Gasteiger partial charge is 0.383 e. The number of aryl methyl sites for hydroxylation is 1. The van der Waals surface area contributed by atoms with E-state index in [1.165, 1.54) is 25.3 Å². The first-order valence-electron chi connectivity index (χ1n) is 7.83. The molecule has 2 N–H and O–H groups in total. The third-order valence-electron chi connectivity index (χ3n) is 3.58. The van der Waals surface area contributed by atoms with Crippen LogP contribution in [0, 0.1) is 0 Å². The number of amides is 1. The highest BCUT2D eigenvalue weighted by molar-refractivity contribution is 7.89. The van der Waals surface area contributed by atoms with Crippen LogP contribution in [-0.4, -0.2) is 44.1 Å². The van der Waals surface area contributed by atoms with E-state index in [9.17, 15) is 13.2 Å². The van der Waals surface area contributed by atoms with Crippen LogP contribution in [0.5, 0.6) is 0 Å². The van der Waals surface area contributed by atoms with E-state index in [4.69, 9.17) is 4.74 Å². The van der Waals surface area contributed by atoms with E-state index in [1.807, 2.05) is 11.5 Å². The molecule has 1 aromatic carbocycles. The summed E-state index contributed by atoms with van der Waals surface area (Å²) in [6, 6.07) is 5.90. The second kappa shape index (κ2) is 8.75. The summed E-state index contributed by atoms with van der Waals surface area (Å²) in [6.07, 6.45) is 3.26. The number of nitrogens with one attached hydrogen (secondary N) is 2. The van der Waals surface area contributed by atoms with Gasteiger partial charge in [-0.15, -0.1) is 0 Å². The zero-order chi connectivity index (χ0) is 18.3. The lowest BCUT2D eigenvalue weighted by molar-refractivity contribution is 0.0937. The number of carbonyl (C=O) groups excluding carboxylic acids is 1. The number of benzene rings is 1. The van der Waals surface area contributed by atoms with Gasteiger partial charge in [0.15, 0.2) is 0 Å². The minimum absolute atomic E-state index is 0.0365. The molecule has 2 rings (SSSR count). The van der Waals surface area contributed by atoms with E-state index in [2.05, 4.69) is 15.0 Å². The smallest absolute Gasteiger partial charge is 0.251 e. The summed E-state index contributed by atoms with van der Waals surface area (Å²) < 4.78 is 34.2. The number of rotatable bonds is 9. The highest BCUT2D eigenvalue weighted by Gasteiger charge is 2.17. The van der Waals surface area contributed by atoms with Crippen molar-refractivity contribution < 1.29 is 17.9 Å². The molecule has 136 valence electrons. The average molecular weight is 366 g/mol. The number of sulfonamides is 1. The molecular weight excluding hydrogens is 344 g/mol. The zero-order valence-corrected chi connectivity index (χ0v) is 15.0. The van der Waals surface area contributed by atoms with Gasteiger partial charge in [0.25, 0.3) is 5.91 Å². The Balaban J connectivity index is 2.08. The summed E-state index contributed by atoms with van der Waals surface area (Å²) in [4.78, 5) is 16.1. The number of hydrogen-bond acceptors (Lipinski definition) is 5. The maximum absolute atomic E-state index is 12.5. The molecule has 0 aliphatic heterocycles. The lowest BCUT2D eigenvalue weighted by Crippen LogP contribution is -2.28. The maximum atomic E-state index is 12.5. The van der Waals surface area contributed by atoms with Gasteiger partial charge in [-0.1, -0.05) is 6.07 Å². The van der Waals surface area contributed by atoms with Crippen molar-refractivity contribution in [2.45, 2.75) is 24.9 Å². The normalized spacial score (nSPS) is 11.4. The molecule has 0 aliphatic carbocycles. The van der Waals surface area contributed by atoms with Gasteiger partial charge >= 0.3 is 0 Å². The molecule has 1 heterocycles. The first-order valence-corrected chi connectivity index (χ1v) is 9.32. The van der Waals surface area contributed by atoms with Crippen molar-refractivity contribution in [2.75, 3.05) is 20.3 Å². The summed E-state index contributed by atoms with van der Waals surface area (Å²) in [5.74, 6) is -0.349. The van der Waals surface area contributed by atoms with Crippen LogP contribution >= 0.6 is 0 Å². The fraction of sp³-hybridized carbons (Fsp3) is 0.375. The standard InChI is InChI=1S/C16H22N4O4S/c1-3-20-12-17-10-14(20)11-19-25(22,23)15-6-4-5-13(9-15)16(21)18-7-8-24-2/h4-6,9-10,12,19H,3,7-8,11H2,1-2H3,(H,18,21). The van der Waals surface area contributed by atoms with Crippen molar-refractivity contribution in [1.82, 2.24) is 19.6 Å². The number of carbonyl (C=O) groups is 1. The summed E-state index contributed by atoms with van der Waals surface area (Å²) in [5.41, 5.74) is 1.04. The van der Waals surface area contributed by atoms with Gasteiger partial charge in [0.1, 0.15) is 0 Å². The quantitative estimate of drug-likeness (QED) is 0.638. The van der Waals surface area contributed by atoms with Crippen molar-refractivity contribution in [3.63, 3.8) is 0 Å². The van der Waals surface area contributed by atoms with Crippen LogP contribution in [0.3, 0.4) is 0 Å². The monoisotopic (exact) mass is 366 g/mol. The molecule has 0 radical (unpaired) electrons. The Morgan fingerprint density at radius 2 is 2.16 bits per heavy atom. The number of ether oxygens (including phenoxy) is 1. The number of aromatic nitrogens is 2. The van der Waals surface area contributed by atoms with Crippen LogP contribution in [0.25, 0.3) is 0 Å². The van der Waals surface area contributed by atoms with Gasteiger partial charge in [-0.25, -0.2) is 18.1 Å². The minimum atomic E-state index is -3.74. The molecule has 0 saturated carbocycles. The summed E-state index contributed by atoms with van der Waals surface area (Å²) in [6.45, 7) is 3.52. The molecule has 0 saturated heterocycles. The Labute approximate surface area is 147 Å². The number of methoxy groups -OCH3 is 1. The summed E-state index contributed by atoms with van der Waals surface area (Å²) in [7, 11) is -2.20.